The molecule has 0 spiro atoms. The average molecular weight is 645 g/mol. The van der Waals surface area contributed by atoms with Crippen LogP contribution in [-0.4, -0.2) is 61.2 Å². The quantitative estimate of drug-likeness (QED) is 0.0523. The molecule has 0 aliphatic heterocycles. The zero-order valence-corrected chi connectivity index (χ0v) is 27.8. The molecule has 4 aromatic carbocycles. The molecule has 45 heavy (non-hydrogen) atoms. The van der Waals surface area contributed by atoms with Crippen LogP contribution in [0.2, 0.25) is 0 Å². The van der Waals surface area contributed by atoms with Gasteiger partial charge in [-0.3, -0.25) is 0 Å². The Kier molecular flexibility index (Phi) is 13.2. The van der Waals surface area contributed by atoms with Gasteiger partial charge in [-0.25, -0.2) is 8.42 Å². The van der Waals surface area contributed by atoms with Crippen molar-refractivity contribution in [3.8, 4) is 11.5 Å². The molecule has 0 atom stereocenters. The first-order valence-corrected chi connectivity index (χ1v) is 15.2. The molecule has 0 aromatic heterocycles. The summed E-state index contributed by atoms with van der Waals surface area (Å²) in [4.78, 5) is 1.12. The van der Waals surface area contributed by atoms with Crippen molar-refractivity contribution in [2.75, 3.05) is 43.5 Å². The van der Waals surface area contributed by atoms with Gasteiger partial charge < -0.3 is 35.2 Å². The number of anilines is 2. The summed E-state index contributed by atoms with van der Waals surface area (Å²) in [5.74, 6) is -0.262. The molecule has 0 radical (unpaired) electrons. The summed E-state index contributed by atoms with van der Waals surface area (Å²) < 4.78 is 42.1. The van der Waals surface area contributed by atoms with E-state index in [0.717, 1.165) is 24.6 Å². The molecule has 0 aliphatic carbocycles. The first kappa shape index (κ1) is 35.8. The number of azo groups is 2. The van der Waals surface area contributed by atoms with Crippen molar-refractivity contribution in [3.63, 3.8) is 0 Å². The van der Waals surface area contributed by atoms with Crippen LogP contribution in [0.5, 0.6) is 11.5 Å². The van der Waals surface area contributed by atoms with Crippen molar-refractivity contribution in [1.82, 2.24) is 0 Å². The number of benzene rings is 4. The third kappa shape index (κ3) is 9.43. The molecule has 232 valence electrons. The molecule has 0 saturated carbocycles. The first-order valence-electron chi connectivity index (χ1n) is 13.8. The number of fused-ring (bicyclic) bond motifs is 1. The minimum atomic E-state index is -5.02. The van der Waals surface area contributed by atoms with Crippen molar-refractivity contribution in [1.29, 1.82) is 0 Å². The summed E-state index contributed by atoms with van der Waals surface area (Å²) in [6, 6.07) is 17.5. The molecule has 13 nitrogen and oxygen atoms in total. The van der Waals surface area contributed by atoms with Crippen LogP contribution in [0, 0.1) is 0 Å². The number of hydrogen-bond acceptors (Lipinski definition) is 13. The monoisotopic (exact) mass is 644 g/mol. The Labute approximate surface area is 283 Å². The second kappa shape index (κ2) is 16.6. The van der Waals surface area contributed by atoms with E-state index in [-0.39, 0.29) is 59.6 Å². The topological polar surface area (TPSA) is 206 Å². The van der Waals surface area contributed by atoms with Crippen LogP contribution in [-0.2, 0) is 10.1 Å². The molecule has 0 unspecified atom stereocenters. The number of rotatable bonds is 14. The fourth-order valence-corrected chi connectivity index (χ4v) is 4.94. The smallest absolute Gasteiger partial charge is 0.744 e. The van der Waals surface area contributed by atoms with E-state index in [2.05, 4.69) is 20.5 Å². The Morgan fingerprint density at radius 3 is 2.20 bits per heavy atom. The van der Waals surface area contributed by atoms with Gasteiger partial charge in [-0.2, -0.15) is 10.2 Å². The molecule has 0 saturated heterocycles. The van der Waals surface area contributed by atoms with Gasteiger partial charge in [0.05, 0.1) is 36.1 Å². The largest absolute Gasteiger partial charge is 1.00 e. The number of nitrogens with zero attached hydrogens (tertiary/aromatic N) is 5. The number of aliphatic hydroxyl groups is 2. The van der Waals surface area contributed by atoms with Gasteiger partial charge in [0.2, 0.25) is 0 Å². The summed E-state index contributed by atoms with van der Waals surface area (Å²) in [7, 11) is -5.02. The second-order valence-corrected chi connectivity index (χ2v) is 11.1. The van der Waals surface area contributed by atoms with Gasteiger partial charge in [-0.15, -0.1) is 10.2 Å². The van der Waals surface area contributed by atoms with Crippen LogP contribution < -0.4 is 44.9 Å². The minimum absolute atomic E-state index is 0. The SMILES string of the molecule is CCCCOc1cc(N=Nc2ccc(N(CCO)CCO)cc2)ccc1N=Nc1c(S(=O)(=O)[O-])cc2ccc(N)cc2c1O.[Na+]. The van der Waals surface area contributed by atoms with Crippen molar-refractivity contribution >= 4 is 55.0 Å². The third-order valence-electron chi connectivity index (χ3n) is 6.54. The molecule has 0 fully saturated rings. The van der Waals surface area contributed by atoms with Gasteiger partial charge in [-0.05, 0) is 66.4 Å². The number of aliphatic hydroxyl groups excluding tert-OH is 2. The van der Waals surface area contributed by atoms with Gasteiger partial charge in [0.25, 0.3) is 0 Å². The van der Waals surface area contributed by atoms with E-state index in [4.69, 9.17) is 10.5 Å². The van der Waals surface area contributed by atoms with E-state index in [9.17, 15) is 28.3 Å². The standard InChI is InChI=1S/C30H34N6O7S.Na/c1-2-3-16-43-27-19-23(33-32-22-6-9-24(10-7-22)36(12-14-37)13-15-38)8-11-26(27)34-35-29-28(44(40,41)42)17-20-4-5-21(31)18-25(20)30(29)39;/h4-11,17-19,37-39H,2-3,12-16,31H2,1H3,(H,40,41,42);/q;+1/p-1. The number of hydrogen-bond donors (Lipinski definition) is 4. The summed E-state index contributed by atoms with van der Waals surface area (Å²) in [5, 5.41) is 46.5. The van der Waals surface area contributed by atoms with Gasteiger partial charge in [0.1, 0.15) is 27.2 Å². The zero-order valence-electron chi connectivity index (χ0n) is 25.0. The minimum Gasteiger partial charge on any atom is -0.744 e. The number of ether oxygens (including phenoxy) is 1. The second-order valence-electron chi connectivity index (χ2n) is 9.71. The number of unbranched alkanes of at least 4 members (excludes halogenated alkanes) is 1. The zero-order chi connectivity index (χ0) is 31.7. The maximum atomic E-state index is 12.1. The van der Waals surface area contributed by atoms with Crippen molar-refractivity contribution in [2.45, 2.75) is 24.7 Å². The fraction of sp³-hybridized carbons (Fsp3) is 0.267. The van der Waals surface area contributed by atoms with Crippen molar-refractivity contribution in [3.05, 3.63) is 66.7 Å². The summed E-state index contributed by atoms with van der Waals surface area (Å²) >= 11 is 0. The predicted molar refractivity (Wildman–Crippen MR) is 166 cm³/mol. The number of aromatic hydroxyl groups is 1. The Hall–Kier alpha value is -3.63. The summed E-state index contributed by atoms with van der Waals surface area (Å²) in [6.07, 6.45) is 1.63. The van der Waals surface area contributed by atoms with E-state index >= 15 is 0 Å². The van der Waals surface area contributed by atoms with Crippen molar-refractivity contribution in [2.24, 2.45) is 20.5 Å². The van der Waals surface area contributed by atoms with Gasteiger partial charge in [-0.1, -0.05) is 19.4 Å². The molecule has 5 N–H and O–H groups in total. The summed E-state index contributed by atoms with van der Waals surface area (Å²) in [6.45, 7) is 3.05. The molecule has 0 aliphatic rings. The molecular formula is C30H33N6NaO7S. The molecule has 0 bridgehead atoms. The third-order valence-corrected chi connectivity index (χ3v) is 7.39. The first-order chi connectivity index (χ1) is 21.1. The number of nitrogen functional groups attached to an aromatic ring is 1. The van der Waals surface area contributed by atoms with Crippen LogP contribution in [0.25, 0.3) is 10.8 Å². The van der Waals surface area contributed by atoms with E-state index in [0.29, 0.717) is 42.1 Å². The molecule has 0 amide bonds. The molecule has 0 heterocycles. The normalized spacial score (nSPS) is 11.7. The Morgan fingerprint density at radius 2 is 1.56 bits per heavy atom. The van der Waals surface area contributed by atoms with E-state index in [1.54, 1.807) is 30.3 Å². The van der Waals surface area contributed by atoms with Gasteiger partial charge in [0.15, 0.2) is 5.75 Å². The van der Waals surface area contributed by atoms with Crippen LogP contribution in [0.3, 0.4) is 0 Å². The Morgan fingerprint density at radius 1 is 0.889 bits per heavy atom. The van der Waals surface area contributed by atoms with Crippen LogP contribution in [0.15, 0.2) is 92.1 Å². The Balaban J connectivity index is 0.00000552. The average Bonchev–Trinajstić information content (AvgIpc) is 3.00. The van der Waals surface area contributed by atoms with Crippen LogP contribution >= 0.6 is 0 Å². The van der Waals surface area contributed by atoms with E-state index < -0.39 is 26.5 Å². The number of nitrogens with two attached hydrogens (primary N) is 1. The number of phenols is 1. The van der Waals surface area contributed by atoms with Gasteiger partial charge >= 0.3 is 29.6 Å². The predicted octanol–water partition coefficient (Wildman–Crippen LogP) is 2.84. The molecule has 15 heteroatoms. The number of phenolic OH excluding ortho intramolecular Hbond substituents is 1. The van der Waals surface area contributed by atoms with Crippen molar-refractivity contribution < 1.29 is 62.6 Å². The maximum Gasteiger partial charge on any atom is 1.00 e. The van der Waals surface area contributed by atoms with Crippen LogP contribution in [0.4, 0.5) is 34.1 Å². The maximum absolute atomic E-state index is 12.1. The van der Waals surface area contributed by atoms with E-state index in [1.165, 1.54) is 18.2 Å². The summed E-state index contributed by atoms with van der Waals surface area (Å²) in [5.41, 5.74) is 7.68. The molecule has 4 aromatic rings. The van der Waals surface area contributed by atoms with E-state index in [1.807, 2.05) is 24.0 Å². The van der Waals surface area contributed by atoms with Crippen LogP contribution in [0.1, 0.15) is 19.8 Å². The fourth-order valence-electron chi connectivity index (χ4n) is 4.30. The van der Waals surface area contributed by atoms with Gasteiger partial charge in [0, 0.05) is 35.9 Å². The molecule has 4 rings (SSSR count). The Bertz CT molecular complexity index is 1760. The molecular weight excluding hydrogens is 611 g/mol.